The summed E-state index contributed by atoms with van der Waals surface area (Å²) in [5, 5.41) is 13.0. The van der Waals surface area contributed by atoms with Crippen LogP contribution < -0.4 is 5.32 Å². The number of carbonyl (C=O) groups is 1. The Kier molecular flexibility index (Phi) is 3.46. The van der Waals surface area contributed by atoms with Crippen molar-refractivity contribution in [2.24, 2.45) is 5.92 Å². The Labute approximate surface area is 99.4 Å². The average molecular weight is 240 g/mol. The molecule has 0 bridgehead atoms. The molecule has 0 aromatic heterocycles. The van der Waals surface area contributed by atoms with Crippen LogP contribution in [0.25, 0.3) is 0 Å². The lowest BCUT2D eigenvalue weighted by Crippen LogP contribution is -2.34. The summed E-state index contributed by atoms with van der Waals surface area (Å²) >= 11 is 5.92. The van der Waals surface area contributed by atoms with Crippen molar-refractivity contribution in [3.05, 3.63) is 34.9 Å². The van der Waals surface area contributed by atoms with Crippen molar-refractivity contribution in [1.29, 1.82) is 0 Å². The van der Waals surface area contributed by atoms with Crippen molar-refractivity contribution in [2.45, 2.75) is 18.9 Å². The molecule has 86 valence electrons. The first-order valence-corrected chi connectivity index (χ1v) is 5.76. The maximum atomic E-state index is 10.9. The van der Waals surface area contributed by atoms with E-state index in [1.807, 2.05) is 24.3 Å². The SMILES string of the molecule is O=C(O)C1CCNC(c2cccc(Cl)c2)C1. The average Bonchev–Trinajstić information content (AvgIpc) is 2.29. The molecule has 1 aliphatic heterocycles. The highest BCUT2D eigenvalue weighted by atomic mass is 35.5. The van der Waals surface area contributed by atoms with Gasteiger partial charge in [-0.05, 0) is 37.1 Å². The fourth-order valence-corrected chi connectivity index (χ4v) is 2.32. The van der Waals surface area contributed by atoms with Crippen molar-refractivity contribution in [2.75, 3.05) is 6.54 Å². The second-order valence-corrected chi connectivity index (χ2v) is 4.56. The van der Waals surface area contributed by atoms with Gasteiger partial charge in [-0.15, -0.1) is 0 Å². The molecule has 2 rings (SSSR count). The van der Waals surface area contributed by atoms with Gasteiger partial charge >= 0.3 is 5.97 Å². The molecule has 1 aliphatic rings. The van der Waals surface area contributed by atoms with Crippen molar-refractivity contribution >= 4 is 17.6 Å². The largest absolute Gasteiger partial charge is 0.481 e. The number of hydrogen-bond acceptors (Lipinski definition) is 2. The zero-order valence-corrected chi connectivity index (χ0v) is 9.57. The maximum absolute atomic E-state index is 10.9. The van der Waals surface area contributed by atoms with Crippen molar-refractivity contribution in [3.8, 4) is 0 Å². The lowest BCUT2D eigenvalue weighted by Gasteiger charge is -2.28. The summed E-state index contributed by atoms with van der Waals surface area (Å²) in [5.74, 6) is -0.946. The molecule has 1 heterocycles. The van der Waals surface area contributed by atoms with Crippen molar-refractivity contribution in [3.63, 3.8) is 0 Å². The summed E-state index contributed by atoms with van der Waals surface area (Å²) < 4.78 is 0. The number of aliphatic carboxylic acids is 1. The monoisotopic (exact) mass is 239 g/mol. The molecular formula is C12H14ClNO2. The molecule has 1 saturated heterocycles. The normalized spacial score (nSPS) is 25.3. The second-order valence-electron chi connectivity index (χ2n) is 4.12. The summed E-state index contributed by atoms with van der Waals surface area (Å²) in [4.78, 5) is 10.9. The molecule has 2 N–H and O–H groups in total. The number of halogens is 1. The Bertz CT molecular complexity index is 394. The van der Waals surface area contributed by atoms with Crippen LogP contribution >= 0.6 is 11.6 Å². The minimum absolute atomic E-state index is 0.105. The van der Waals surface area contributed by atoms with Crippen molar-refractivity contribution < 1.29 is 9.90 Å². The molecule has 1 fully saturated rings. The third-order valence-electron chi connectivity index (χ3n) is 3.00. The first-order valence-electron chi connectivity index (χ1n) is 5.38. The van der Waals surface area contributed by atoms with Crippen LogP contribution in [0, 0.1) is 5.92 Å². The van der Waals surface area contributed by atoms with E-state index in [2.05, 4.69) is 5.32 Å². The Hall–Kier alpha value is -1.06. The van der Waals surface area contributed by atoms with Crippen LogP contribution in [-0.4, -0.2) is 17.6 Å². The fraction of sp³-hybridized carbons (Fsp3) is 0.417. The van der Waals surface area contributed by atoms with E-state index in [1.54, 1.807) is 0 Å². The molecule has 1 aromatic carbocycles. The predicted octanol–water partition coefficient (Wildman–Crippen LogP) is 2.47. The van der Waals surface area contributed by atoms with E-state index >= 15 is 0 Å². The Morgan fingerprint density at radius 2 is 2.31 bits per heavy atom. The number of piperidine rings is 1. The van der Waals surface area contributed by atoms with Gasteiger partial charge in [-0.2, -0.15) is 0 Å². The van der Waals surface area contributed by atoms with Gasteiger partial charge in [-0.1, -0.05) is 23.7 Å². The Balaban J connectivity index is 2.12. The van der Waals surface area contributed by atoms with Gasteiger partial charge in [-0.3, -0.25) is 4.79 Å². The van der Waals surface area contributed by atoms with Gasteiger partial charge in [0.15, 0.2) is 0 Å². The third-order valence-corrected chi connectivity index (χ3v) is 3.24. The van der Waals surface area contributed by atoms with Crippen LogP contribution in [0.2, 0.25) is 5.02 Å². The highest BCUT2D eigenvalue weighted by Gasteiger charge is 2.27. The molecule has 16 heavy (non-hydrogen) atoms. The summed E-state index contributed by atoms with van der Waals surface area (Å²) in [6.07, 6.45) is 1.34. The van der Waals surface area contributed by atoms with Gasteiger partial charge in [0.1, 0.15) is 0 Å². The van der Waals surface area contributed by atoms with E-state index in [4.69, 9.17) is 16.7 Å². The maximum Gasteiger partial charge on any atom is 0.306 e. The predicted molar refractivity (Wildman–Crippen MR) is 62.6 cm³/mol. The second kappa shape index (κ2) is 4.85. The zero-order chi connectivity index (χ0) is 11.5. The van der Waals surface area contributed by atoms with E-state index < -0.39 is 5.97 Å². The number of benzene rings is 1. The summed E-state index contributed by atoms with van der Waals surface area (Å²) in [5.41, 5.74) is 1.07. The summed E-state index contributed by atoms with van der Waals surface area (Å²) in [7, 11) is 0. The number of carboxylic acids is 1. The smallest absolute Gasteiger partial charge is 0.306 e. The van der Waals surface area contributed by atoms with Gasteiger partial charge in [-0.25, -0.2) is 0 Å². The molecule has 0 spiro atoms. The van der Waals surface area contributed by atoms with Crippen LogP contribution in [0.1, 0.15) is 24.4 Å². The minimum Gasteiger partial charge on any atom is -0.481 e. The number of carboxylic acid groups (broad SMARTS) is 1. The topological polar surface area (TPSA) is 49.3 Å². The number of rotatable bonds is 2. The Morgan fingerprint density at radius 1 is 1.50 bits per heavy atom. The van der Waals surface area contributed by atoms with Gasteiger partial charge < -0.3 is 10.4 Å². The summed E-state index contributed by atoms with van der Waals surface area (Å²) in [6.45, 7) is 0.744. The molecule has 2 unspecified atom stereocenters. The number of nitrogens with one attached hydrogen (secondary N) is 1. The molecule has 0 amide bonds. The highest BCUT2D eigenvalue weighted by Crippen LogP contribution is 2.28. The van der Waals surface area contributed by atoms with E-state index in [0.29, 0.717) is 17.9 Å². The van der Waals surface area contributed by atoms with E-state index in [0.717, 1.165) is 12.1 Å². The number of hydrogen-bond donors (Lipinski definition) is 2. The van der Waals surface area contributed by atoms with E-state index in [9.17, 15) is 4.79 Å². The lowest BCUT2D eigenvalue weighted by atomic mass is 9.89. The molecule has 0 aliphatic carbocycles. The molecule has 1 aromatic rings. The Morgan fingerprint density at radius 3 is 3.00 bits per heavy atom. The molecule has 4 heteroatoms. The van der Waals surface area contributed by atoms with Crippen LogP contribution in [0.15, 0.2) is 24.3 Å². The zero-order valence-electron chi connectivity index (χ0n) is 8.82. The van der Waals surface area contributed by atoms with Crippen molar-refractivity contribution in [1.82, 2.24) is 5.32 Å². The van der Waals surface area contributed by atoms with Crippen LogP contribution in [0.5, 0.6) is 0 Å². The van der Waals surface area contributed by atoms with Crippen LogP contribution in [-0.2, 0) is 4.79 Å². The van der Waals surface area contributed by atoms with Gasteiger partial charge in [0.05, 0.1) is 5.92 Å². The first-order chi connectivity index (χ1) is 7.66. The fourth-order valence-electron chi connectivity index (χ4n) is 2.12. The first kappa shape index (κ1) is 11.4. The van der Waals surface area contributed by atoms with Crippen LogP contribution in [0.4, 0.5) is 0 Å². The molecule has 0 saturated carbocycles. The van der Waals surface area contributed by atoms with E-state index in [-0.39, 0.29) is 12.0 Å². The minimum atomic E-state index is -0.700. The standard InChI is InChI=1S/C12H14ClNO2/c13-10-3-1-2-8(6-10)11-7-9(12(15)16)4-5-14-11/h1-3,6,9,11,14H,4-5,7H2,(H,15,16). The third kappa shape index (κ3) is 2.54. The molecule has 2 atom stereocenters. The van der Waals surface area contributed by atoms with Crippen LogP contribution in [0.3, 0.4) is 0 Å². The lowest BCUT2D eigenvalue weighted by molar-refractivity contribution is -0.143. The quantitative estimate of drug-likeness (QED) is 0.834. The van der Waals surface area contributed by atoms with E-state index in [1.165, 1.54) is 0 Å². The molecule has 0 radical (unpaired) electrons. The summed E-state index contributed by atoms with van der Waals surface area (Å²) in [6, 6.07) is 7.69. The van der Waals surface area contributed by atoms with Gasteiger partial charge in [0.2, 0.25) is 0 Å². The molecular weight excluding hydrogens is 226 g/mol. The molecule has 3 nitrogen and oxygen atoms in total. The highest BCUT2D eigenvalue weighted by molar-refractivity contribution is 6.30. The van der Waals surface area contributed by atoms with Gasteiger partial charge in [0.25, 0.3) is 0 Å². The van der Waals surface area contributed by atoms with Gasteiger partial charge in [0, 0.05) is 11.1 Å².